The smallest absolute Gasteiger partial charge is 0.121 e. The molecule has 0 radical (unpaired) electrons. The summed E-state index contributed by atoms with van der Waals surface area (Å²) in [6.45, 7) is 3.10. The number of aromatic nitrogens is 1. The third kappa shape index (κ3) is 3.01. The predicted molar refractivity (Wildman–Crippen MR) is 83.5 cm³/mol. The minimum absolute atomic E-state index is 0.150. The summed E-state index contributed by atoms with van der Waals surface area (Å²) in [6.07, 6.45) is 4.71. The zero-order valence-corrected chi connectivity index (χ0v) is 12.4. The van der Waals surface area contributed by atoms with Crippen molar-refractivity contribution in [1.82, 2.24) is 10.3 Å². The van der Waals surface area contributed by atoms with Gasteiger partial charge in [0.1, 0.15) is 11.9 Å². The Hall–Kier alpha value is -1.65. The molecule has 0 aliphatic heterocycles. The van der Waals surface area contributed by atoms with E-state index in [9.17, 15) is 5.11 Å². The van der Waals surface area contributed by atoms with Crippen LogP contribution in [0, 0.1) is 0 Å². The molecule has 0 amide bonds. The molecule has 1 heterocycles. The fourth-order valence-corrected chi connectivity index (χ4v) is 3.22. The lowest BCUT2D eigenvalue weighted by Crippen LogP contribution is -2.46. The maximum atomic E-state index is 9.64. The highest BCUT2D eigenvalue weighted by Crippen LogP contribution is 2.33. The van der Waals surface area contributed by atoms with Crippen LogP contribution in [0.1, 0.15) is 26.2 Å². The molecule has 0 saturated heterocycles. The highest BCUT2D eigenvalue weighted by atomic mass is 16.5. The second-order valence-electron chi connectivity index (χ2n) is 5.81. The first-order valence-electron chi connectivity index (χ1n) is 7.62. The van der Waals surface area contributed by atoms with E-state index in [1.54, 1.807) is 6.20 Å². The zero-order chi connectivity index (χ0) is 14.7. The molecule has 0 bridgehead atoms. The molecule has 4 nitrogen and oxygen atoms in total. The van der Waals surface area contributed by atoms with Gasteiger partial charge in [-0.25, -0.2) is 0 Å². The molecule has 1 fully saturated rings. The molecule has 0 spiro atoms. The summed E-state index contributed by atoms with van der Waals surface area (Å²) in [7, 11) is 0. The van der Waals surface area contributed by atoms with Gasteiger partial charge in [0, 0.05) is 29.6 Å². The number of pyridine rings is 1. The van der Waals surface area contributed by atoms with Crippen LogP contribution in [-0.2, 0) is 0 Å². The Kier molecular flexibility index (Phi) is 4.08. The molecule has 2 N–H and O–H groups in total. The third-order valence-corrected chi connectivity index (χ3v) is 4.30. The normalized spacial score (nSPS) is 25.3. The highest BCUT2D eigenvalue weighted by molar-refractivity contribution is 5.79. The van der Waals surface area contributed by atoms with Crippen LogP contribution < -0.4 is 10.1 Å². The van der Waals surface area contributed by atoms with Crippen molar-refractivity contribution in [2.24, 2.45) is 0 Å². The van der Waals surface area contributed by atoms with E-state index in [2.05, 4.69) is 17.2 Å². The molecule has 3 rings (SSSR count). The van der Waals surface area contributed by atoms with Crippen molar-refractivity contribution >= 4 is 10.9 Å². The van der Waals surface area contributed by atoms with Crippen LogP contribution in [0.4, 0.5) is 0 Å². The Labute approximate surface area is 125 Å². The SMILES string of the molecule is CCNC1(CO)CCC(Oc2ccc3cccnc3c2)C1. The van der Waals surface area contributed by atoms with Crippen LogP contribution in [-0.4, -0.2) is 34.9 Å². The fraction of sp³-hybridized carbons (Fsp3) is 0.471. The van der Waals surface area contributed by atoms with Crippen LogP contribution in [0.5, 0.6) is 5.75 Å². The van der Waals surface area contributed by atoms with Gasteiger partial charge in [0.25, 0.3) is 0 Å². The minimum atomic E-state index is -0.172. The largest absolute Gasteiger partial charge is 0.490 e. The number of rotatable bonds is 5. The van der Waals surface area contributed by atoms with Gasteiger partial charge in [0.15, 0.2) is 0 Å². The molecule has 1 aromatic heterocycles. The van der Waals surface area contributed by atoms with E-state index in [4.69, 9.17) is 4.74 Å². The first-order valence-corrected chi connectivity index (χ1v) is 7.62. The van der Waals surface area contributed by atoms with E-state index in [1.807, 2.05) is 30.3 Å². The average Bonchev–Trinajstić information content (AvgIpc) is 2.91. The van der Waals surface area contributed by atoms with Gasteiger partial charge < -0.3 is 15.2 Å². The second kappa shape index (κ2) is 6.00. The quantitative estimate of drug-likeness (QED) is 0.887. The number of aliphatic hydroxyl groups excluding tert-OH is 1. The number of likely N-dealkylation sites (N-methyl/N-ethyl adjacent to an activating group) is 1. The maximum Gasteiger partial charge on any atom is 0.121 e. The molecule has 1 aliphatic rings. The molecule has 2 unspecified atom stereocenters. The Morgan fingerprint density at radius 3 is 3.14 bits per heavy atom. The number of nitrogens with zero attached hydrogens (tertiary/aromatic N) is 1. The van der Waals surface area contributed by atoms with Crippen molar-refractivity contribution in [2.45, 2.75) is 37.8 Å². The van der Waals surface area contributed by atoms with Gasteiger partial charge in [-0.1, -0.05) is 13.0 Å². The summed E-state index contributed by atoms with van der Waals surface area (Å²) < 4.78 is 6.10. The molecule has 2 atom stereocenters. The summed E-state index contributed by atoms with van der Waals surface area (Å²) >= 11 is 0. The van der Waals surface area contributed by atoms with Crippen LogP contribution >= 0.6 is 0 Å². The minimum Gasteiger partial charge on any atom is -0.490 e. The summed E-state index contributed by atoms with van der Waals surface area (Å²) in [5, 5.41) is 14.2. The zero-order valence-electron chi connectivity index (χ0n) is 12.4. The molecule has 1 saturated carbocycles. The molecule has 2 aromatic rings. The van der Waals surface area contributed by atoms with Crippen molar-refractivity contribution in [2.75, 3.05) is 13.2 Å². The van der Waals surface area contributed by atoms with Crippen molar-refractivity contribution in [3.63, 3.8) is 0 Å². The molecule has 112 valence electrons. The van der Waals surface area contributed by atoms with Crippen molar-refractivity contribution in [3.05, 3.63) is 36.5 Å². The van der Waals surface area contributed by atoms with E-state index >= 15 is 0 Å². The standard InChI is InChI=1S/C17H22N2O2/c1-2-19-17(12-20)8-7-15(11-17)21-14-6-5-13-4-3-9-18-16(13)10-14/h3-6,9-10,15,19-20H,2,7-8,11-12H2,1H3. The van der Waals surface area contributed by atoms with Crippen LogP contribution in [0.15, 0.2) is 36.5 Å². The lowest BCUT2D eigenvalue weighted by atomic mass is 9.99. The maximum absolute atomic E-state index is 9.64. The van der Waals surface area contributed by atoms with E-state index in [1.165, 1.54) is 0 Å². The third-order valence-electron chi connectivity index (χ3n) is 4.30. The van der Waals surface area contributed by atoms with Gasteiger partial charge in [-0.3, -0.25) is 4.98 Å². The Morgan fingerprint density at radius 1 is 1.43 bits per heavy atom. The number of benzene rings is 1. The van der Waals surface area contributed by atoms with Gasteiger partial charge in [-0.05, 0) is 37.6 Å². The van der Waals surface area contributed by atoms with E-state index < -0.39 is 0 Å². The lowest BCUT2D eigenvalue weighted by molar-refractivity contribution is 0.142. The van der Waals surface area contributed by atoms with Gasteiger partial charge in [0.05, 0.1) is 12.1 Å². The van der Waals surface area contributed by atoms with Gasteiger partial charge in [0.2, 0.25) is 0 Å². The Morgan fingerprint density at radius 2 is 2.33 bits per heavy atom. The summed E-state index contributed by atoms with van der Waals surface area (Å²) in [5.74, 6) is 0.858. The number of nitrogens with one attached hydrogen (secondary N) is 1. The van der Waals surface area contributed by atoms with Crippen molar-refractivity contribution in [1.29, 1.82) is 0 Å². The second-order valence-corrected chi connectivity index (χ2v) is 5.81. The highest BCUT2D eigenvalue weighted by Gasteiger charge is 2.39. The lowest BCUT2D eigenvalue weighted by Gasteiger charge is -2.27. The van der Waals surface area contributed by atoms with Gasteiger partial charge >= 0.3 is 0 Å². The first kappa shape index (κ1) is 14.3. The Bertz CT molecular complexity index is 617. The molecule has 1 aliphatic carbocycles. The van der Waals surface area contributed by atoms with Gasteiger partial charge in [-0.15, -0.1) is 0 Å². The predicted octanol–water partition coefficient (Wildman–Crippen LogP) is 2.51. The van der Waals surface area contributed by atoms with Crippen LogP contribution in [0.2, 0.25) is 0 Å². The first-order chi connectivity index (χ1) is 10.2. The molecular weight excluding hydrogens is 264 g/mol. The van der Waals surface area contributed by atoms with Crippen LogP contribution in [0.25, 0.3) is 10.9 Å². The summed E-state index contributed by atoms with van der Waals surface area (Å²) in [6, 6.07) is 10.0. The molecule has 21 heavy (non-hydrogen) atoms. The molecule has 1 aromatic carbocycles. The van der Waals surface area contributed by atoms with Gasteiger partial charge in [-0.2, -0.15) is 0 Å². The topological polar surface area (TPSA) is 54.4 Å². The van der Waals surface area contributed by atoms with E-state index in [0.29, 0.717) is 0 Å². The number of hydrogen-bond donors (Lipinski definition) is 2. The number of fused-ring (bicyclic) bond motifs is 1. The van der Waals surface area contributed by atoms with Crippen LogP contribution in [0.3, 0.4) is 0 Å². The number of hydrogen-bond acceptors (Lipinski definition) is 4. The Balaban J connectivity index is 1.71. The summed E-state index contributed by atoms with van der Waals surface area (Å²) in [5.41, 5.74) is 0.780. The van der Waals surface area contributed by atoms with E-state index in [0.717, 1.165) is 42.5 Å². The number of aliphatic hydroxyl groups is 1. The summed E-state index contributed by atoms with van der Waals surface area (Å²) in [4.78, 5) is 4.36. The molecule has 4 heteroatoms. The molecular formula is C17H22N2O2. The fourth-order valence-electron chi connectivity index (χ4n) is 3.22. The van der Waals surface area contributed by atoms with E-state index in [-0.39, 0.29) is 18.2 Å². The van der Waals surface area contributed by atoms with Crippen molar-refractivity contribution in [3.8, 4) is 5.75 Å². The van der Waals surface area contributed by atoms with Crippen molar-refractivity contribution < 1.29 is 9.84 Å². The number of ether oxygens (including phenoxy) is 1. The monoisotopic (exact) mass is 286 g/mol. The average molecular weight is 286 g/mol.